The monoisotopic (exact) mass is 234 g/mol. The number of nitrogens with zero attached hydrogens (tertiary/aromatic N) is 1. The molecule has 1 rings (SSSR count). The summed E-state index contributed by atoms with van der Waals surface area (Å²) in [5.74, 6) is 0.336. The highest BCUT2D eigenvalue weighted by Gasteiger charge is 2.26. The molecule has 1 aromatic heterocycles. The Bertz CT molecular complexity index is 328. The highest BCUT2D eigenvalue weighted by molar-refractivity contribution is 5.44. The number of pyridine rings is 1. The molecule has 6 heteroatoms. The van der Waals surface area contributed by atoms with Crippen molar-refractivity contribution in [3.05, 3.63) is 18.5 Å². The Morgan fingerprint density at radius 1 is 1.38 bits per heavy atom. The second kappa shape index (κ2) is 5.58. The van der Waals surface area contributed by atoms with Crippen molar-refractivity contribution >= 4 is 5.69 Å². The zero-order valence-electron chi connectivity index (χ0n) is 8.84. The van der Waals surface area contributed by atoms with Gasteiger partial charge in [0.1, 0.15) is 5.75 Å². The molecule has 1 N–H and O–H groups in total. The summed E-state index contributed by atoms with van der Waals surface area (Å²) in [4.78, 5) is 3.85. The third kappa shape index (κ3) is 4.86. The van der Waals surface area contributed by atoms with E-state index in [1.54, 1.807) is 12.3 Å². The number of anilines is 1. The average Bonchev–Trinajstić information content (AvgIpc) is 2.17. The maximum atomic E-state index is 11.9. The highest BCUT2D eigenvalue weighted by Crippen LogP contribution is 2.21. The molecular formula is C10H13F3N2O. The number of hydrogen-bond acceptors (Lipinski definition) is 3. The number of nitrogens with one attached hydrogen (secondary N) is 1. The van der Waals surface area contributed by atoms with E-state index in [0.717, 1.165) is 5.69 Å². The fraction of sp³-hybridized carbons (Fsp3) is 0.500. The van der Waals surface area contributed by atoms with Crippen LogP contribution in [0.3, 0.4) is 0 Å². The summed E-state index contributed by atoms with van der Waals surface area (Å²) in [6.45, 7) is 2.24. The molecule has 0 fully saturated rings. The largest absolute Gasteiger partial charge is 0.492 e. The first kappa shape index (κ1) is 12.6. The van der Waals surface area contributed by atoms with Gasteiger partial charge in [0.15, 0.2) is 0 Å². The van der Waals surface area contributed by atoms with Crippen LogP contribution in [0.5, 0.6) is 5.75 Å². The smallest absolute Gasteiger partial charge is 0.392 e. The summed E-state index contributed by atoms with van der Waals surface area (Å²) >= 11 is 0. The number of hydrogen-bond donors (Lipinski definition) is 1. The van der Waals surface area contributed by atoms with Gasteiger partial charge in [0.2, 0.25) is 0 Å². The van der Waals surface area contributed by atoms with Gasteiger partial charge in [-0.2, -0.15) is 13.2 Å². The second-order valence-electron chi connectivity index (χ2n) is 3.15. The summed E-state index contributed by atoms with van der Waals surface area (Å²) in [6.07, 6.45) is -2.18. The standard InChI is InChI=1S/C10H13F3N2O/c1-2-15-8-5-9(7-14-6-8)16-4-3-10(11,12)13/h5-7,15H,2-4H2,1H3. The van der Waals surface area contributed by atoms with Crippen LogP contribution in [0, 0.1) is 0 Å². The summed E-state index contributed by atoms with van der Waals surface area (Å²) in [6, 6.07) is 1.62. The van der Waals surface area contributed by atoms with E-state index >= 15 is 0 Å². The predicted octanol–water partition coefficient (Wildman–Crippen LogP) is 2.84. The van der Waals surface area contributed by atoms with E-state index in [2.05, 4.69) is 10.3 Å². The van der Waals surface area contributed by atoms with E-state index in [9.17, 15) is 13.2 Å². The Morgan fingerprint density at radius 2 is 2.12 bits per heavy atom. The Kier molecular flexibility index (Phi) is 4.39. The quantitative estimate of drug-likeness (QED) is 0.850. The molecule has 3 nitrogen and oxygen atoms in total. The van der Waals surface area contributed by atoms with Crippen LogP contribution < -0.4 is 10.1 Å². The fourth-order valence-corrected chi connectivity index (χ4v) is 1.08. The molecule has 90 valence electrons. The first-order valence-electron chi connectivity index (χ1n) is 4.90. The molecule has 0 unspecified atom stereocenters. The van der Waals surface area contributed by atoms with Crippen LogP contribution in [-0.4, -0.2) is 24.3 Å². The molecule has 0 amide bonds. The van der Waals surface area contributed by atoms with Crippen LogP contribution in [0.1, 0.15) is 13.3 Å². The minimum absolute atomic E-state index is 0.336. The van der Waals surface area contributed by atoms with Gasteiger partial charge >= 0.3 is 6.18 Å². The van der Waals surface area contributed by atoms with Crippen molar-refractivity contribution < 1.29 is 17.9 Å². The van der Waals surface area contributed by atoms with Crippen LogP contribution >= 0.6 is 0 Å². The van der Waals surface area contributed by atoms with Crippen molar-refractivity contribution in [3.8, 4) is 5.75 Å². The molecule has 0 aliphatic heterocycles. The molecule has 0 bridgehead atoms. The SMILES string of the molecule is CCNc1cncc(OCCC(F)(F)F)c1. The molecular weight excluding hydrogens is 221 g/mol. The van der Waals surface area contributed by atoms with Gasteiger partial charge in [0, 0.05) is 12.6 Å². The van der Waals surface area contributed by atoms with Crippen LogP contribution in [0.4, 0.5) is 18.9 Å². The van der Waals surface area contributed by atoms with Crippen molar-refractivity contribution in [1.82, 2.24) is 4.98 Å². The number of halogens is 3. The van der Waals surface area contributed by atoms with Gasteiger partial charge in [-0.3, -0.25) is 4.98 Å². The molecule has 0 aromatic carbocycles. The minimum atomic E-state index is -4.19. The summed E-state index contributed by atoms with van der Waals surface area (Å²) in [5.41, 5.74) is 0.729. The number of ether oxygens (including phenoxy) is 1. The lowest BCUT2D eigenvalue weighted by atomic mass is 10.4. The van der Waals surface area contributed by atoms with Gasteiger partial charge in [0.25, 0.3) is 0 Å². The van der Waals surface area contributed by atoms with Crippen molar-refractivity contribution in [2.75, 3.05) is 18.5 Å². The third-order valence-electron chi connectivity index (χ3n) is 1.75. The molecule has 1 heterocycles. The summed E-state index contributed by atoms with van der Waals surface area (Å²) in [7, 11) is 0. The number of alkyl halides is 3. The summed E-state index contributed by atoms with van der Waals surface area (Å²) < 4.78 is 40.5. The maximum absolute atomic E-state index is 11.9. The van der Waals surface area contributed by atoms with Gasteiger partial charge in [-0.1, -0.05) is 0 Å². The number of rotatable bonds is 5. The lowest BCUT2D eigenvalue weighted by Crippen LogP contribution is -2.13. The molecule has 0 radical (unpaired) electrons. The van der Waals surface area contributed by atoms with Gasteiger partial charge < -0.3 is 10.1 Å². The molecule has 1 aromatic rings. The van der Waals surface area contributed by atoms with E-state index in [0.29, 0.717) is 12.3 Å². The zero-order valence-corrected chi connectivity index (χ0v) is 8.84. The lowest BCUT2D eigenvalue weighted by molar-refractivity contribution is -0.139. The van der Waals surface area contributed by atoms with Gasteiger partial charge in [-0.25, -0.2) is 0 Å². The number of aromatic nitrogens is 1. The molecule has 0 spiro atoms. The first-order chi connectivity index (χ1) is 7.51. The van der Waals surface area contributed by atoms with Gasteiger partial charge in [0.05, 0.1) is 31.1 Å². The Balaban J connectivity index is 2.44. The Morgan fingerprint density at radius 3 is 2.75 bits per heavy atom. The Hall–Kier alpha value is -1.46. The van der Waals surface area contributed by atoms with Crippen LogP contribution in [-0.2, 0) is 0 Å². The second-order valence-corrected chi connectivity index (χ2v) is 3.15. The maximum Gasteiger partial charge on any atom is 0.392 e. The van der Waals surface area contributed by atoms with E-state index < -0.39 is 12.6 Å². The zero-order chi connectivity index (χ0) is 12.0. The van der Waals surface area contributed by atoms with E-state index in [1.165, 1.54) is 6.20 Å². The molecule has 16 heavy (non-hydrogen) atoms. The van der Waals surface area contributed by atoms with E-state index in [-0.39, 0.29) is 6.61 Å². The highest BCUT2D eigenvalue weighted by atomic mass is 19.4. The normalized spacial score (nSPS) is 11.2. The predicted molar refractivity (Wildman–Crippen MR) is 54.6 cm³/mol. The Labute approximate surface area is 91.6 Å². The topological polar surface area (TPSA) is 34.2 Å². The van der Waals surface area contributed by atoms with Crippen molar-refractivity contribution in [3.63, 3.8) is 0 Å². The lowest BCUT2D eigenvalue weighted by Gasteiger charge is -2.09. The molecule has 0 aliphatic carbocycles. The van der Waals surface area contributed by atoms with Crippen molar-refractivity contribution in [1.29, 1.82) is 0 Å². The fourth-order valence-electron chi connectivity index (χ4n) is 1.08. The van der Waals surface area contributed by atoms with Crippen LogP contribution in [0.2, 0.25) is 0 Å². The van der Waals surface area contributed by atoms with Crippen LogP contribution in [0.15, 0.2) is 18.5 Å². The first-order valence-corrected chi connectivity index (χ1v) is 4.90. The molecule has 0 saturated carbocycles. The molecule has 0 atom stereocenters. The summed E-state index contributed by atoms with van der Waals surface area (Å²) in [5, 5.41) is 2.99. The molecule has 0 saturated heterocycles. The van der Waals surface area contributed by atoms with E-state index in [4.69, 9.17) is 4.74 Å². The van der Waals surface area contributed by atoms with Gasteiger partial charge in [-0.15, -0.1) is 0 Å². The molecule has 0 aliphatic rings. The van der Waals surface area contributed by atoms with Crippen LogP contribution in [0.25, 0.3) is 0 Å². The van der Waals surface area contributed by atoms with Crippen molar-refractivity contribution in [2.45, 2.75) is 19.5 Å². The van der Waals surface area contributed by atoms with Crippen molar-refractivity contribution in [2.24, 2.45) is 0 Å². The van der Waals surface area contributed by atoms with Gasteiger partial charge in [-0.05, 0) is 6.92 Å². The average molecular weight is 234 g/mol. The van der Waals surface area contributed by atoms with E-state index in [1.807, 2.05) is 6.92 Å². The third-order valence-corrected chi connectivity index (χ3v) is 1.75. The minimum Gasteiger partial charge on any atom is -0.492 e.